The summed E-state index contributed by atoms with van der Waals surface area (Å²) in [6.07, 6.45) is 4.09. The molecule has 2 heterocycles. The van der Waals surface area contributed by atoms with Crippen molar-refractivity contribution in [1.82, 2.24) is 20.0 Å². The molecule has 3 rings (SSSR count). The van der Waals surface area contributed by atoms with Gasteiger partial charge in [-0.15, -0.1) is 12.4 Å². The second-order valence-electron chi connectivity index (χ2n) is 4.58. The van der Waals surface area contributed by atoms with E-state index in [-0.39, 0.29) is 29.2 Å². The van der Waals surface area contributed by atoms with E-state index in [1.807, 2.05) is 5.43 Å². The minimum absolute atomic E-state index is 0. The molecule has 0 saturated carbocycles. The van der Waals surface area contributed by atoms with Crippen LogP contribution in [0.4, 0.5) is 10.1 Å². The molecule has 24 heavy (non-hydrogen) atoms. The Labute approximate surface area is 141 Å². The molecule has 2 aromatic heterocycles. The van der Waals surface area contributed by atoms with E-state index in [1.165, 1.54) is 41.3 Å². The van der Waals surface area contributed by atoms with Crippen LogP contribution in [0.2, 0.25) is 0 Å². The number of nitrogens with one attached hydrogen (secondary N) is 2. The van der Waals surface area contributed by atoms with Gasteiger partial charge in [-0.25, -0.2) is 19.7 Å². The number of nitrogens with two attached hydrogens (primary N) is 1. The van der Waals surface area contributed by atoms with E-state index >= 15 is 0 Å². The summed E-state index contributed by atoms with van der Waals surface area (Å²) in [7, 11) is 0. The highest BCUT2D eigenvalue weighted by molar-refractivity contribution is 6.04. The number of halogens is 2. The molecule has 0 aliphatic rings. The van der Waals surface area contributed by atoms with Crippen LogP contribution in [-0.2, 0) is 0 Å². The summed E-state index contributed by atoms with van der Waals surface area (Å²) in [6, 6.07) is 5.62. The van der Waals surface area contributed by atoms with Gasteiger partial charge >= 0.3 is 0 Å². The number of nitrogens with zero attached hydrogens (tertiary/aromatic N) is 3. The fourth-order valence-corrected chi connectivity index (χ4v) is 2.02. The molecule has 2 amide bonds. The number of carbonyl (C=O) groups excluding carboxylic acids is 2. The Morgan fingerprint density at radius 1 is 1.12 bits per heavy atom. The van der Waals surface area contributed by atoms with Crippen LogP contribution in [0, 0.1) is 5.82 Å². The van der Waals surface area contributed by atoms with Crippen molar-refractivity contribution in [3.63, 3.8) is 0 Å². The van der Waals surface area contributed by atoms with Crippen molar-refractivity contribution in [3.05, 3.63) is 59.8 Å². The first-order chi connectivity index (χ1) is 11.1. The molecule has 3 aromatic rings. The van der Waals surface area contributed by atoms with Crippen molar-refractivity contribution >= 4 is 35.6 Å². The minimum Gasteiger partial charge on any atom is -0.319 e. The Bertz CT molecular complexity index is 913. The van der Waals surface area contributed by atoms with Crippen LogP contribution in [0.1, 0.15) is 20.7 Å². The second-order valence-corrected chi connectivity index (χ2v) is 4.58. The molecule has 0 fully saturated rings. The van der Waals surface area contributed by atoms with Crippen LogP contribution in [-0.4, -0.2) is 26.4 Å². The van der Waals surface area contributed by atoms with Gasteiger partial charge in [0, 0.05) is 0 Å². The number of rotatable bonds is 3. The van der Waals surface area contributed by atoms with Crippen molar-refractivity contribution in [3.8, 4) is 0 Å². The molecule has 0 spiro atoms. The Balaban J connectivity index is 0.00000208. The predicted octanol–water partition coefficient (Wildman–Crippen LogP) is 1.15. The third kappa shape index (κ3) is 3.16. The Kier molecular flexibility index (Phi) is 5.07. The van der Waals surface area contributed by atoms with E-state index < -0.39 is 17.6 Å². The Morgan fingerprint density at radius 2 is 1.88 bits per heavy atom. The molecule has 0 radical (unpaired) electrons. The number of aromatic nitrogens is 3. The van der Waals surface area contributed by atoms with Crippen LogP contribution in [0.15, 0.2) is 42.9 Å². The van der Waals surface area contributed by atoms with Gasteiger partial charge in [0.05, 0.1) is 29.8 Å². The van der Waals surface area contributed by atoms with Crippen molar-refractivity contribution < 1.29 is 14.0 Å². The van der Waals surface area contributed by atoms with E-state index in [1.54, 1.807) is 6.07 Å². The number of carbonyl (C=O) groups is 2. The molecule has 0 unspecified atom stereocenters. The van der Waals surface area contributed by atoms with E-state index in [2.05, 4.69) is 15.4 Å². The lowest BCUT2D eigenvalue weighted by Crippen LogP contribution is -2.29. The predicted molar refractivity (Wildman–Crippen MR) is 86.2 cm³/mol. The third-order valence-corrected chi connectivity index (χ3v) is 3.11. The zero-order valence-corrected chi connectivity index (χ0v) is 12.9. The number of anilines is 1. The maximum absolute atomic E-state index is 13.6. The van der Waals surface area contributed by atoms with Gasteiger partial charge in [0.15, 0.2) is 5.65 Å². The zero-order valence-electron chi connectivity index (χ0n) is 12.1. The number of amides is 2. The summed E-state index contributed by atoms with van der Waals surface area (Å²) in [4.78, 5) is 27.6. The number of hydrazine groups is 1. The SMILES string of the molecule is Cl.NNC(=O)c1cnn2cc(NC(=O)c3ccccc3F)cnc12. The summed E-state index contributed by atoms with van der Waals surface area (Å²) < 4.78 is 14.9. The third-order valence-electron chi connectivity index (χ3n) is 3.11. The fourth-order valence-electron chi connectivity index (χ4n) is 2.02. The smallest absolute Gasteiger partial charge is 0.270 e. The van der Waals surface area contributed by atoms with E-state index in [0.29, 0.717) is 5.69 Å². The minimum atomic E-state index is -0.625. The van der Waals surface area contributed by atoms with Crippen LogP contribution >= 0.6 is 12.4 Å². The molecular weight excluding hydrogens is 339 g/mol. The molecule has 124 valence electrons. The highest BCUT2D eigenvalue weighted by Gasteiger charge is 2.15. The first-order valence-corrected chi connectivity index (χ1v) is 6.50. The molecular formula is C14H12ClFN6O2. The second kappa shape index (κ2) is 7.02. The molecule has 0 aliphatic carbocycles. The van der Waals surface area contributed by atoms with Gasteiger partial charge in [-0.2, -0.15) is 5.10 Å². The molecule has 0 saturated heterocycles. The van der Waals surface area contributed by atoms with Gasteiger partial charge in [0.2, 0.25) is 0 Å². The van der Waals surface area contributed by atoms with Gasteiger partial charge in [-0.05, 0) is 12.1 Å². The van der Waals surface area contributed by atoms with E-state index in [0.717, 1.165) is 0 Å². The number of hydrogen-bond acceptors (Lipinski definition) is 5. The molecule has 0 atom stereocenters. The normalized spacial score (nSPS) is 10.1. The van der Waals surface area contributed by atoms with Crippen molar-refractivity contribution in [2.24, 2.45) is 5.84 Å². The standard InChI is InChI=1S/C14H11FN6O2.ClH/c15-11-4-2-1-3-9(11)13(22)19-8-5-17-12-10(14(23)20-16)6-18-21(12)7-8;/h1-7H,16H2,(H,19,22)(H,20,23);1H. The van der Waals surface area contributed by atoms with Gasteiger partial charge in [-0.1, -0.05) is 12.1 Å². The molecule has 4 N–H and O–H groups in total. The van der Waals surface area contributed by atoms with Crippen LogP contribution < -0.4 is 16.6 Å². The lowest BCUT2D eigenvalue weighted by atomic mass is 10.2. The first kappa shape index (κ1) is 17.3. The number of nitrogen functional groups attached to an aromatic ring is 1. The molecule has 1 aromatic carbocycles. The molecule has 10 heteroatoms. The van der Waals surface area contributed by atoms with Crippen LogP contribution in [0.5, 0.6) is 0 Å². The molecule has 8 nitrogen and oxygen atoms in total. The first-order valence-electron chi connectivity index (χ1n) is 6.50. The molecule has 0 aliphatic heterocycles. The van der Waals surface area contributed by atoms with E-state index in [9.17, 15) is 14.0 Å². The molecule has 0 bridgehead atoms. The quantitative estimate of drug-likeness (QED) is 0.372. The van der Waals surface area contributed by atoms with Crippen molar-refractivity contribution in [2.45, 2.75) is 0 Å². The Morgan fingerprint density at radius 3 is 2.58 bits per heavy atom. The highest BCUT2D eigenvalue weighted by Crippen LogP contribution is 2.14. The van der Waals surface area contributed by atoms with Crippen molar-refractivity contribution in [1.29, 1.82) is 0 Å². The summed E-state index contributed by atoms with van der Waals surface area (Å²) in [6.45, 7) is 0. The Hall–Kier alpha value is -3.04. The average molecular weight is 351 g/mol. The lowest BCUT2D eigenvalue weighted by molar-refractivity contribution is 0.0954. The maximum Gasteiger partial charge on any atom is 0.270 e. The van der Waals surface area contributed by atoms with Gasteiger partial charge in [0.25, 0.3) is 11.8 Å². The maximum atomic E-state index is 13.6. The largest absolute Gasteiger partial charge is 0.319 e. The number of benzene rings is 1. The lowest BCUT2D eigenvalue weighted by Gasteiger charge is -2.06. The zero-order chi connectivity index (χ0) is 16.4. The highest BCUT2D eigenvalue weighted by atomic mass is 35.5. The number of hydrogen-bond donors (Lipinski definition) is 3. The topological polar surface area (TPSA) is 114 Å². The van der Waals surface area contributed by atoms with Crippen molar-refractivity contribution in [2.75, 3.05) is 5.32 Å². The average Bonchev–Trinajstić information content (AvgIpc) is 2.97. The summed E-state index contributed by atoms with van der Waals surface area (Å²) in [5.74, 6) is 3.30. The van der Waals surface area contributed by atoms with Gasteiger partial charge in [-0.3, -0.25) is 15.0 Å². The summed E-state index contributed by atoms with van der Waals surface area (Å²) in [5, 5.41) is 6.47. The fraction of sp³-hybridized carbons (Fsp3) is 0. The number of fused-ring (bicyclic) bond motifs is 1. The summed E-state index contributed by atoms with van der Waals surface area (Å²) in [5.41, 5.74) is 2.67. The monoisotopic (exact) mass is 350 g/mol. The van der Waals surface area contributed by atoms with Crippen LogP contribution in [0.25, 0.3) is 5.65 Å². The van der Waals surface area contributed by atoms with Gasteiger partial charge < -0.3 is 5.32 Å². The van der Waals surface area contributed by atoms with Crippen LogP contribution in [0.3, 0.4) is 0 Å². The summed E-state index contributed by atoms with van der Waals surface area (Å²) >= 11 is 0. The van der Waals surface area contributed by atoms with E-state index in [4.69, 9.17) is 5.84 Å². The van der Waals surface area contributed by atoms with Gasteiger partial charge in [0.1, 0.15) is 11.4 Å².